The van der Waals surface area contributed by atoms with Crippen molar-refractivity contribution in [2.75, 3.05) is 5.32 Å². The van der Waals surface area contributed by atoms with E-state index in [1.807, 2.05) is 13.8 Å². The number of nitrogens with two attached hydrogens (primary N) is 1. The van der Waals surface area contributed by atoms with Crippen LogP contribution >= 0.6 is 23.2 Å². The van der Waals surface area contributed by atoms with Gasteiger partial charge in [0, 0.05) is 19.3 Å². The lowest BCUT2D eigenvalue weighted by Gasteiger charge is -2.11. The van der Waals surface area contributed by atoms with E-state index in [0.717, 1.165) is 12.1 Å². The number of benzene rings is 2. The van der Waals surface area contributed by atoms with Crippen molar-refractivity contribution in [2.24, 2.45) is 5.14 Å². The maximum atomic E-state index is 14.1. The summed E-state index contributed by atoms with van der Waals surface area (Å²) in [5.41, 5.74) is 0.842. The fraction of sp³-hybridized carbons (Fsp3) is 0.250. The summed E-state index contributed by atoms with van der Waals surface area (Å²) >= 11 is 12.9. The van der Waals surface area contributed by atoms with Gasteiger partial charge in [0.15, 0.2) is 5.65 Å². The van der Waals surface area contributed by atoms with Crippen molar-refractivity contribution in [2.45, 2.75) is 44.4 Å². The molecule has 0 aliphatic carbocycles. The highest BCUT2D eigenvalue weighted by molar-refractivity contribution is 7.89. The number of hydrogen-bond acceptors (Lipinski definition) is 6. The molecule has 0 spiro atoms. The number of aromatic nitrogens is 4. The second-order valence-electron chi connectivity index (χ2n) is 8.77. The molecule has 10 nitrogen and oxygen atoms in total. The standard InChI is InChI=1S/C24H23Cl2FN6O4S/c1-4-11(2)21-20-23(33(32-21)22-15(25)9-14(10-16(22)26)38(28,36)37)30-19(31-24(20)35)8-13-5-6-17(27)18(7-13)29-12(3)34/h5-7,9-11H,4,8H2,1-3H3,(H,29,34)(H2,28,36,37)(H,30,31,35). The smallest absolute Gasteiger partial charge is 0.262 e. The SMILES string of the molecule is CCC(C)c1nn(-c2c(Cl)cc(S(N)(=O)=O)cc2Cl)c2nc(Cc3ccc(F)c(NC(C)=O)c3)[nH]c(=O)c12. The number of H-pyrrole nitrogens is 1. The van der Waals surface area contributed by atoms with Crippen LogP contribution in [0.4, 0.5) is 10.1 Å². The summed E-state index contributed by atoms with van der Waals surface area (Å²) < 4.78 is 39.1. The Morgan fingerprint density at radius 3 is 2.47 bits per heavy atom. The van der Waals surface area contributed by atoms with Crippen molar-refractivity contribution in [3.63, 3.8) is 0 Å². The van der Waals surface area contributed by atoms with E-state index in [9.17, 15) is 22.4 Å². The molecule has 0 saturated heterocycles. The number of primary sulfonamides is 1. The Morgan fingerprint density at radius 1 is 1.24 bits per heavy atom. The van der Waals surface area contributed by atoms with Gasteiger partial charge in [0.1, 0.15) is 22.7 Å². The summed E-state index contributed by atoms with van der Waals surface area (Å²) in [6.45, 7) is 5.10. The topological polar surface area (TPSA) is 153 Å². The van der Waals surface area contributed by atoms with Crippen molar-refractivity contribution in [1.29, 1.82) is 0 Å². The van der Waals surface area contributed by atoms with Crippen molar-refractivity contribution in [1.82, 2.24) is 19.7 Å². The number of carbonyl (C=O) groups is 1. The van der Waals surface area contributed by atoms with Gasteiger partial charge in [-0.1, -0.05) is 43.1 Å². The van der Waals surface area contributed by atoms with E-state index >= 15 is 0 Å². The number of halogens is 3. The van der Waals surface area contributed by atoms with Crippen LogP contribution in [0, 0.1) is 5.82 Å². The first-order chi connectivity index (χ1) is 17.8. The predicted molar refractivity (Wildman–Crippen MR) is 143 cm³/mol. The van der Waals surface area contributed by atoms with E-state index in [4.69, 9.17) is 28.3 Å². The fourth-order valence-corrected chi connectivity index (χ4v) is 5.28. The normalized spacial score (nSPS) is 12.6. The summed E-state index contributed by atoms with van der Waals surface area (Å²) in [7, 11) is -4.09. The second-order valence-corrected chi connectivity index (χ2v) is 11.1. The molecule has 2 aromatic carbocycles. The van der Waals surface area contributed by atoms with Gasteiger partial charge in [0.2, 0.25) is 15.9 Å². The molecule has 38 heavy (non-hydrogen) atoms. The molecular formula is C24H23Cl2FN6O4S. The van der Waals surface area contributed by atoms with Crippen LogP contribution in [0.5, 0.6) is 0 Å². The average molecular weight is 581 g/mol. The van der Waals surface area contributed by atoms with Crippen LogP contribution in [0.15, 0.2) is 40.0 Å². The maximum absolute atomic E-state index is 14.1. The summed E-state index contributed by atoms with van der Waals surface area (Å²) in [5.74, 6) is -0.943. The Morgan fingerprint density at radius 2 is 1.89 bits per heavy atom. The molecule has 0 aliphatic heterocycles. The summed E-state index contributed by atoms with van der Waals surface area (Å²) in [6.07, 6.45) is 0.758. The third kappa shape index (κ3) is 5.44. The minimum Gasteiger partial charge on any atom is -0.324 e. The molecule has 0 fully saturated rings. The molecule has 4 rings (SSSR count). The van der Waals surface area contributed by atoms with Gasteiger partial charge in [-0.2, -0.15) is 5.10 Å². The number of amides is 1. The summed E-state index contributed by atoms with van der Waals surface area (Å²) in [5, 5.41) is 12.3. The zero-order valence-electron chi connectivity index (χ0n) is 20.5. The first-order valence-corrected chi connectivity index (χ1v) is 13.7. The molecule has 0 saturated carbocycles. The zero-order chi connectivity index (χ0) is 27.9. The highest BCUT2D eigenvalue weighted by Gasteiger charge is 2.25. The van der Waals surface area contributed by atoms with E-state index in [1.165, 1.54) is 29.8 Å². The van der Waals surface area contributed by atoms with Gasteiger partial charge in [-0.05, 0) is 36.2 Å². The number of anilines is 1. The van der Waals surface area contributed by atoms with E-state index in [0.29, 0.717) is 17.7 Å². The van der Waals surface area contributed by atoms with Crippen molar-refractivity contribution in [3.05, 3.63) is 73.6 Å². The minimum absolute atomic E-state index is 0.00367. The summed E-state index contributed by atoms with van der Waals surface area (Å²) in [6, 6.07) is 6.44. The number of sulfonamides is 1. The monoisotopic (exact) mass is 580 g/mol. The Kier molecular flexibility index (Phi) is 7.62. The molecule has 1 amide bonds. The number of nitrogens with one attached hydrogen (secondary N) is 2. The van der Waals surface area contributed by atoms with Crippen LogP contribution < -0.4 is 16.0 Å². The van der Waals surface area contributed by atoms with Gasteiger partial charge in [-0.25, -0.2) is 27.6 Å². The van der Waals surface area contributed by atoms with Crippen LogP contribution in [-0.4, -0.2) is 34.1 Å². The number of aromatic amines is 1. The van der Waals surface area contributed by atoms with Crippen LogP contribution in [0.2, 0.25) is 10.0 Å². The highest BCUT2D eigenvalue weighted by Crippen LogP contribution is 2.35. The zero-order valence-corrected chi connectivity index (χ0v) is 22.8. The number of hydrogen-bond donors (Lipinski definition) is 3. The van der Waals surface area contributed by atoms with Crippen LogP contribution in [0.3, 0.4) is 0 Å². The van der Waals surface area contributed by atoms with Gasteiger partial charge in [-0.15, -0.1) is 0 Å². The highest BCUT2D eigenvalue weighted by atomic mass is 35.5. The van der Waals surface area contributed by atoms with Gasteiger partial charge < -0.3 is 10.3 Å². The molecule has 200 valence electrons. The van der Waals surface area contributed by atoms with Gasteiger partial charge >= 0.3 is 0 Å². The molecule has 0 bridgehead atoms. The maximum Gasteiger partial charge on any atom is 0.262 e. The van der Waals surface area contributed by atoms with E-state index < -0.39 is 27.3 Å². The molecule has 0 radical (unpaired) electrons. The second kappa shape index (κ2) is 10.4. The van der Waals surface area contributed by atoms with Crippen LogP contribution in [0.1, 0.15) is 50.2 Å². The Hall–Kier alpha value is -3.32. The fourth-order valence-electron chi connectivity index (χ4n) is 3.94. The molecule has 0 aliphatic rings. The van der Waals surface area contributed by atoms with Crippen molar-refractivity contribution in [3.8, 4) is 5.69 Å². The molecule has 2 heterocycles. The van der Waals surface area contributed by atoms with Gasteiger partial charge in [0.25, 0.3) is 5.56 Å². The van der Waals surface area contributed by atoms with Crippen LogP contribution in [-0.2, 0) is 21.2 Å². The van der Waals surface area contributed by atoms with Crippen molar-refractivity contribution < 1.29 is 17.6 Å². The minimum atomic E-state index is -4.09. The lowest BCUT2D eigenvalue weighted by Crippen LogP contribution is -2.15. The van der Waals surface area contributed by atoms with Gasteiger partial charge in [0.05, 0.1) is 26.3 Å². The molecule has 2 aromatic heterocycles. The molecule has 4 N–H and O–H groups in total. The first-order valence-electron chi connectivity index (χ1n) is 11.4. The van der Waals surface area contributed by atoms with E-state index in [1.54, 1.807) is 0 Å². The first kappa shape index (κ1) is 27.7. The number of rotatable bonds is 7. The molecular weight excluding hydrogens is 558 g/mol. The predicted octanol–water partition coefficient (Wildman–Crippen LogP) is 4.26. The Bertz CT molecular complexity index is 1730. The van der Waals surface area contributed by atoms with Crippen molar-refractivity contribution >= 4 is 55.9 Å². The third-order valence-corrected chi connectivity index (χ3v) is 7.41. The lowest BCUT2D eigenvalue weighted by atomic mass is 10.0. The molecule has 1 unspecified atom stereocenters. The Labute approximate surface area is 227 Å². The number of fused-ring (bicyclic) bond motifs is 1. The molecule has 14 heteroatoms. The third-order valence-electron chi connectivity index (χ3n) is 5.94. The largest absolute Gasteiger partial charge is 0.324 e. The summed E-state index contributed by atoms with van der Waals surface area (Å²) in [4.78, 5) is 31.8. The van der Waals surface area contributed by atoms with E-state index in [-0.39, 0.29) is 55.5 Å². The van der Waals surface area contributed by atoms with E-state index in [2.05, 4.69) is 20.4 Å². The average Bonchev–Trinajstić information content (AvgIpc) is 3.19. The number of nitrogens with zero attached hydrogens (tertiary/aromatic N) is 3. The lowest BCUT2D eigenvalue weighted by molar-refractivity contribution is -0.114. The molecule has 4 aromatic rings. The Balaban J connectivity index is 1.92. The number of carbonyl (C=O) groups excluding carboxylic acids is 1. The molecule has 1 atom stereocenters. The van der Waals surface area contributed by atoms with Crippen LogP contribution in [0.25, 0.3) is 16.7 Å². The quantitative estimate of drug-likeness (QED) is 0.297. The van der Waals surface area contributed by atoms with Gasteiger partial charge in [-0.3, -0.25) is 9.59 Å².